The van der Waals surface area contributed by atoms with Crippen LogP contribution in [0.2, 0.25) is 0 Å². The van der Waals surface area contributed by atoms with Crippen molar-refractivity contribution in [2.75, 3.05) is 26.4 Å². The molecule has 0 fully saturated rings. The Labute approximate surface area is 349 Å². The Kier molecular flexibility index (Phi) is 30.8. The Morgan fingerprint density at radius 2 is 0.789 bits per heavy atom. The topological polar surface area (TPSA) is 80.3 Å². The summed E-state index contributed by atoms with van der Waals surface area (Å²) in [5, 5.41) is 0. The second-order valence-electron chi connectivity index (χ2n) is 15.0. The molecule has 7 heteroatoms. The third-order valence-corrected chi connectivity index (χ3v) is 9.95. The molecule has 0 aromatic heterocycles. The predicted octanol–water partition coefficient (Wildman–Crippen LogP) is 13.2. The van der Waals surface area contributed by atoms with Crippen molar-refractivity contribution in [2.24, 2.45) is 0 Å². The van der Waals surface area contributed by atoms with Gasteiger partial charge in [-0.3, -0.25) is 0 Å². The van der Waals surface area contributed by atoms with Crippen molar-refractivity contribution in [3.63, 3.8) is 0 Å². The number of allylic oxidation sites excluding steroid dienone is 12. The van der Waals surface area contributed by atoms with Crippen molar-refractivity contribution >= 4 is 11.9 Å². The van der Waals surface area contributed by atoms with Gasteiger partial charge in [-0.25, -0.2) is 9.59 Å². The molecular weight excluding hydrogens is 713 g/mol. The lowest BCUT2D eigenvalue weighted by atomic mass is 10.00. The minimum atomic E-state index is -0.228. The fourth-order valence-corrected chi connectivity index (χ4v) is 6.38. The first-order chi connectivity index (χ1) is 27.2. The molecule has 0 bridgehead atoms. The van der Waals surface area contributed by atoms with Crippen LogP contribution in [0.1, 0.15) is 161 Å². The molecule has 4 unspecified atom stereocenters. The first-order valence-corrected chi connectivity index (χ1v) is 21.8. The molecule has 7 nitrogen and oxygen atoms in total. The molecule has 0 rings (SSSR count). The summed E-state index contributed by atoms with van der Waals surface area (Å²) in [6.45, 7) is 30.8. The molecule has 0 aliphatic heterocycles. The fraction of sp³-hybridized carbons (Fsp3) is 0.640. The van der Waals surface area contributed by atoms with Crippen molar-refractivity contribution in [1.29, 1.82) is 0 Å². The Morgan fingerprint density at radius 1 is 0.456 bits per heavy atom. The molecule has 0 saturated carbocycles. The second-order valence-corrected chi connectivity index (χ2v) is 15.0. The standard InChI is InChI=1S/C50H82O7/c1-15-45(49(51)55-19-5)35-33-39(9)27-21-25-37(7)29-23-31-41(11)47(43(13)53-17-3)57-48(44(14)54-18-4)42(12)32-24-30-38(8)26-22-28-40(10)34-36-46(16-2)50(52)56-20-6/h25-26,31-36,43-44,47-48H,15-24,27-30H2,1-14H3. The Morgan fingerprint density at radius 3 is 1.11 bits per heavy atom. The molecule has 0 aliphatic carbocycles. The highest BCUT2D eigenvalue weighted by atomic mass is 16.6. The number of hydrogen-bond acceptors (Lipinski definition) is 7. The van der Waals surface area contributed by atoms with Gasteiger partial charge in [0, 0.05) is 24.4 Å². The highest BCUT2D eigenvalue weighted by Gasteiger charge is 2.29. The highest BCUT2D eigenvalue weighted by Crippen LogP contribution is 2.25. The summed E-state index contributed by atoms with van der Waals surface area (Å²) in [7, 11) is 0. The summed E-state index contributed by atoms with van der Waals surface area (Å²) in [5.74, 6) is -0.457. The van der Waals surface area contributed by atoms with Gasteiger partial charge in [0.05, 0.1) is 25.4 Å². The summed E-state index contributed by atoms with van der Waals surface area (Å²) in [5.41, 5.74) is 8.97. The van der Waals surface area contributed by atoms with Crippen LogP contribution in [0.3, 0.4) is 0 Å². The first kappa shape index (κ1) is 53.7. The lowest BCUT2D eigenvalue weighted by molar-refractivity contribution is -0.139. The van der Waals surface area contributed by atoms with Gasteiger partial charge in [0.1, 0.15) is 12.2 Å². The van der Waals surface area contributed by atoms with E-state index in [0.29, 0.717) is 50.4 Å². The van der Waals surface area contributed by atoms with Crippen molar-refractivity contribution in [1.82, 2.24) is 0 Å². The quantitative estimate of drug-likeness (QED) is 0.0310. The fourth-order valence-electron chi connectivity index (χ4n) is 6.38. The zero-order valence-electron chi connectivity index (χ0n) is 38.7. The maximum absolute atomic E-state index is 12.1. The van der Waals surface area contributed by atoms with Crippen LogP contribution in [0.25, 0.3) is 0 Å². The van der Waals surface area contributed by atoms with Gasteiger partial charge in [-0.05, 0) is 158 Å². The summed E-state index contributed by atoms with van der Waals surface area (Å²) >= 11 is 0. The average Bonchev–Trinajstić information content (AvgIpc) is 3.15. The molecule has 0 saturated heterocycles. The van der Waals surface area contributed by atoms with Gasteiger partial charge in [-0.2, -0.15) is 0 Å². The maximum atomic E-state index is 12.1. The zero-order valence-corrected chi connectivity index (χ0v) is 38.7. The van der Waals surface area contributed by atoms with Crippen molar-refractivity contribution < 1.29 is 33.3 Å². The van der Waals surface area contributed by atoms with Crippen LogP contribution >= 0.6 is 0 Å². The third kappa shape index (κ3) is 24.3. The van der Waals surface area contributed by atoms with E-state index >= 15 is 0 Å². The molecule has 0 aliphatic rings. The molecule has 0 amide bonds. The van der Waals surface area contributed by atoms with E-state index in [-0.39, 0.29) is 36.4 Å². The summed E-state index contributed by atoms with van der Waals surface area (Å²) in [6, 6.07) is 0. The van der Waals surface area contributed by atoms with Gasteiger partial charge < -0.3 is 23.7 Å². The van der Waals surface area contributed by atoms with Gasteiger partial charge in [-0.1, -0.05) is 84.7 Å². The van der Waals surface area contributed by atoms with Crippen molar-refractivity contribution in [3.05, 3.63) is 93.2 Å². The average molecular weight is 795 g/mol. The smallest absolute Gasteiger partial charge is 0.333 e. The largest absolute Gasteiger partial charge is 0.463 e. The Bertz CT molecular complexity index is 1310. The molecule has 0 aromatic carbocycles. The lowest BCUT2D eigenvalue weighted by Gasteiger charge is -2.33. The van der Waals surface area contributed by atoms with Gasteiger partial charge >= 0.3 is 11.9 Å². The van der Waals surface area contributed by atoms with E-state index in [4.69, 9.17) is 23.7 Å². The van der Waals surface area contributed by atoms with Crippen LogP contribution < -0.4 is 0 Å². The van der Waals surface area contributed by atoms with Crippen molar-refractivity contribution in [2.45, 2.75) is 186 Å². The Balaban J connectivity index is 5.62. The molecule has 0 aromatic rings. The number of ether oxygens (including phenoxy) is 5. The second kappa shape index (κ2) is 32.7. The van der Waals surface area contributed by atoms with Crippen LogP contribution in [0, 0.1) is 0 Å². The molecule has 57 heavy (non-hydrogen) atoms. The zero-order chi connectivity index (χ0) is 43.2. The molecular formula is C50H82O7. The van der Waals surface area contributed by atoms with E-state index in [2.05, 4.69) is 79.7 Å². The molecule has 324 valence electrons. The SMILES string of the molecule is CCOC(=O)C(=CC=C(C)CCC=C(C)CCC=C(C)C(OC(C(C)=CCCC(C)=CCCC(C)=CC=C(CC)C(=O)OCC)C(C)OCC)C(C)OCC)CC. The van der Waals surface area contributed by atoms with Gasteiger partial charge in [-0.15, -0.1) is 0 Å². The number of rotatable bonds is 30. The van der Waals surface area contributed by atoms with Gasteiger partial charge in [0.15, 0.2) is 0 Å². The maximum Gasteiger partial charge on any atom is 0.333 e. The minimum absolute atomic E-state index is 0.107. The summed E-state index contributed by atoms with van der Waals surface area (Å²) < 4.78 is 29.5. The van der Waals surface area contributed by atoms with Crippen molar-refractivity contribution in [3.8, 4) is 0 Å². The number of esters is 2. The van der Waals surface area contributed by atoms with Crippen LogP contribution in [0.15, 0.2) is 93.2 Å². The predicted molar refractivity (Wildman–Crippen MR) is 240 cm³/mol. The summed E-state index contributed by atoms with van der Waals surface area (Å²) in [4.78, 5) is 24.1. The van der Waals surface area contributed by atoms with Crippen LogP contribution in [-0.2, 0) is 33.3 Å². The highest BCUT2D eigenvalue weighted by molar-refractivity contribution is 5.89. The van der Waals surface area contributed by atoms with E-state index in [1.165, 1.54) is 33.4 Å². The third-order valence-electron chi connectivity index (χ3n) is 9.95. The van der Waals surface area contributed by atoms with Gasteiger partial charge in [0.25, 0.3) is 0 Å². The van der Waals surface area contributed by atoms with Gasteiger partial charge in [0.2, 0.25) is 0 Å². The number of hydrogen-bond donors (Lipinski definition) is 0. The normalized spacial score (nSPS) is 16.4. The number of carbonyl (C=O) groups excluding carboxylic acids is 2. The van der Waals surface area contributed by atoms with E-state index in [9.17, 15) is 9.59 Å². The number of carbonyl (C=O) groups is 2. The van der Waals surface area contributed by atoms with E-state index in [1.54, 1.807) is 0 Å². The lowest BCUT2D eigenvalue weighted by Crippen LogP contribution is -2.40. The molecule has 0 heterocycles. The molecule has 0 spiro atoms. The van der Waals surface area contributed by atoms with Crippen LogP contribution in [0.4, 0.5) is 0 Å². The monoisotopic (exact) mass is 795 g/mol. The first-order valence-electron chi connectivity index (χ1n) is 21.8. The summed E-state index contributed by atoms with van der Waals surface area (Å²) in [6.07, 6.45) is 25.5. The minimum Gasteiger partial charge on any atom is -0.463 e. The molecule has 0 N–H and O–H groups in total. The Hall–Kier alpha value is -3.26. The molecule has 0 radical (unpaired) electrons. The van der Waals surface area contributed by atoms with Crippen LogP contribution in [-0.4, -0.2) is 62.8 Å². The van der Waals surface area contributed by atoms with E-state index in [0.717, 1.165) is 51.4 Å². The van der Waals surface area contributed by atoms with E-state index in [1.807, 2.05) is 65.8 Å². The van der Waals surface area contributed by atoms with Crippen LogP contribution in [0.5, 0.6) is 0 Å². The van der Waals surface area contributed by atoms with E-state index < -0.39 is 0 Å². The molecule has 4 atom stereocenters.